The molecular formula is C8H16O4. The molecule has 0 rings (SSSR count). The van der Waals surface area contributed by atoms with Crippen LogP contribution in [0.15, 0.2) is 0 Å². The molecule has 0 aromatic carbocycles. The minimum absolute atomic E-state index is 0.384. The molecule has 0 heterocycles. The summed E-state index contributed by atoms with van der Waals surface area (Å²) >= 11 is 0. The molecule has 2 atom stereocenters. The van der Waals surface area contributed by atoms with Gasteiger partial charge in [-0.15, -0.1) is 0 Å². The van der Waals surface area contributed by atoms with Crippen molar-refractivity contribution in [3.8, 4) is 0 Å². The van der Waals surface area contributed by atoms with Gasteiger partial charge in [0.2, 0.25) is 0 Å². The van der Waals surface area contributed by atoms with Gasteiger partial charge in [0.15, 0.2) is 5.60 Å². The Kier molecular flexibility index (Phi) is 3.67. The van der Waals surface area contributed by atoms with Crippen LogP contribution in [0.5, 0.6) is 0 Å². The van der Waals surface area contributed by atoms with Gasteiger partial charge < -0.3 is 14.9 Å². The molecule has 0 radical (unpaired) electrons. The largest absolute Gasteiger partial charge is 0.479 e. The third-order valence-corrected chi connectivity index (χ3v) is 2.20. The molecule has 12 heavy (non-hydrogen) atoms. The van der Waals surface area contributed by atoms with Gasteiger partial charge in [0.05, 0.1) is 6.10 Å². The van der Waals surface area contributed by atoms with Gasteiger partial charge in [-0.05, 0) is 12.8 Å². The summed E-state index contributed by atoms with van der Waals surface area (Å²) in [5.41, 5.74) is -1.80. The number of carbonyl (C=O) groups is 1. The summed E-state index contributed by atoms with van der Waals surface area (Å²) in [6.07, 6.45) is -0.713. The van der Waals surface area contributed by atoms with Crippen LogP contribution in [-0.2, 0) is 9.53 Å². The van der Waals surface area contributed by atoms with E-state index in [1.54, 1.807) is 13.8 Å². The average molecular weight is 176 g/mol. The van der Waals surface area contributed by atoms with E-state index < -0.39 is 17.7 Å². The fourth-order valence-electron chi connectivity index (χ4n) is 1.07. The number of hydrogen-bond acceptors (Lipinski definition) is 3. The quantitative estimate of drug-likeness (QED) is 0.654. The Morgan fingerprint density at radius 3 is 1.92 bits per heavy atom. The van der Waals surface area contributed by atoms with Crippen molar-refractivity contribution in [2.45, 2.75) is 32.5 Å². The van der Waals surface area contributed by atoms with Gasteiger partial charge in [-0.1, -0.05) is 13.8 Å². The maximum Gasteiger partial charge on any atom is 0.338 e. The SMILES string of the molecule is CO[C@H](C)[C@](O)(C(=O)O)C(C)C. The standard InChI is InChI=1S/C8H16O4/c1-5(2)8(11,7(9)10)6(3)12-4/h5-6,11H,1-4H3,(H,9,10)/t6-,8+/m1/s1. The fourth-order valence-corrected chi connectivity index (χ4v) is 1.07. The van der Waals surface area contributed by atoms with Gasteiger partial charge >= 0.3 is 5.97 Å². The van der Waals surface area contributed by atoms with Crippen molar-refractivity contribution in [2.24, 2.45) is 5.92 Å². The number of methoxy groups -OCH3 is 1. The Morgan fingerprint density at radius 2 is 1.83 bits per heavy atom. The Balaban J connectivity index is 4.74. The second-order valence-electron chi connectivity index (χ2n) is 3.16. The van der Waals surface area contributed by atoms with Crippen molar-refractivity contribution in [3.63, 3.8) is 0 Å². The van der Waals surface area contributed by atoms with Crippen LogP contribution < -0.4 is 0 Å². The lowest BCUT2D eigenvalue weighted by Crippen LogP contribution is -2.53. The molecule has 0 fully saturated rings. The highest BCUT2D eigenvalue weighted by molar-refractivity contribution is 5.78. The molecule has 0 saturated carbocycles. The first-order valence-electron chi connectivity index (χ1n) is 3.85. The highest BCUT2D eigenvalue weighted by atomic mass is 16.5. The molecule has 0 aromatic rings. The summed E-state index contributed by atoms with van der Waals surface area (Å²) in [6, 6.07) is 0. The van der Waals surface area contributed by atoms with Crippen molar-refractivity contribution in [1.82, 2.24) is 0 Å². The molecule has 0 aromatic heterocycles. The number of rotatable bonds is 4. The predicted molar refractivity (Wildman–Crippen MR) is 43.9 cm³/mol. The number of ether oxygens (including phenoxy) is 1. The zero-order chi connectivity index (χ0) is 9.94. The Morgan fingerprint density at radius 1 is 1.42 bits per heavy atom. The number of carboxylic acids is 1. The molecule has 0 aliphatic carbocycles. The Bertz CT molecular complexity index is 166. The number of aliphatic carboxylic acids is 1. The fraction of sp³-hybridized carbons (Fsp3) is 0.875. The first kappa shape index (κ1) is 11.4. The lowest BCUT2D eigenvalue weighted by atomic mass is 9.85. The van der Waals surface area contributed by atoms with E-state index in [1.807, 2.05) is 0 Å². The number of aliphatic hydroxyl groups is 1. The average Bonchev–Trinajstić information content (AvgIpc) is 2.00. The van der Waals surface area contributed by atoms with Gasteiger partial charge in [0.25, 0.3) is 0 Å². The van der Waals surface area contributed by atoms with E-state index in [1.165, 1.54) is 14.0 Å². The van der Waals surface area contributed by atoms with Gasteiger partial charge in [0, 0.05) is 7.11 Å². The summed E-state index contributed by atoms with van der Waals surface area (Å²) < 4.78 is 4.81. The predicted octanol–water partition coefficient (Wildman–Crippen LogP) is 0.493. The lowest BCUT2D eigenvalue weighted by Gasteiger charge is -2.32. The topological polar surface area (TPSA) is 66.8 Å². The van der Waals surface area contributed by atoms with Crippen LogP contribution in [0.25, 0.3) is 0 Å². The van der Waals surface area contributed by atoms with E-state index in [0.29, 0.717) is 0 Å². The number of hydrogen-bond donors (Lipinski definition) is 2. The maximum absolute atomic E-state index is 10.7. The first-order chi connectivity index (χ1) is 5.37. The minimum Gasteiger partial charge on any atom is -0.479 e. The van der Waals surface area contributed by atoms with Crippen LogP contribution in [-0.4, -0.2) is 35.0 Å². The molecule has 0 spiro atoms. The molecule has 0 bridgehead atoms. The number of carboxylic acid groups (broad SMARTS) is 1. The molecule has 0 aliphatic rings. The summed E-state index contributed by atoms with van der Waals surface area (Å²) in [5, 5.41) is 18.5. The van der Waals surface area contributed by atoms with Crippen LogP contribution in [0.1, 0.15) is 20.8 Å². The molecule has 4 nitrogen and oxygen atoms in total. The second kappa shape index (κ2) is 3.87. The van der Waals surface area contributed by atoms with Gasteiger partial charge in [-0.2, -0.15) is 0 Å². The molecule has 0 saturated heterocycles. The summed E-state index contributed by atoms with van der Waals surface area (Å²) in [7, 11) is 1.38. The third kappa shape index (κ3) is 1.76. The molecule has 4 heteroatoms. The van der Waals surface area contributed by atoms with E-state index in [-0.39, 0.29) is 5.92 Å². The lowest BCUT2D eigenvalue weighted by molar-refractivity contribution is -0.181. The van der Waals surface area contributed by atoms with Gasteiger partial charge in [-0.3, -0.25) is 0 Å². The highest BCUT2D eigenvalue weighted by Gasteiger charge is 2.45. The van der Waals surface area contributed by atoms with Gasteiger partial charge in [-0.25, -0.2) is 4.79 Å². The minimum atomic E-state index is -1.80. The normalized spacial score (nSPS) is 18.8. The molecule has 0 aliphatic heterocycles. The Labute approximate surface area is 72.2 Å². The highest BCUT2D eigenvalue weighted by Crippen LogP contribution is 2.23. The summed E-state index contributed by atoms with van der Waals surface area (Å²) in [5.74, 6) is -1.63. The van der Waals surface area contributed by atoms with Crippen molar-refractivity contribution in [2.75, 3.05) is 7.11 Å². The third-order valence-electron chi connectivity index (χ3n) is 2.20. The molecule has 2 N–H and O–H groups in total. The maximum atomic E-state index is 10.7. The van der Waals surface area contributed by atoms with Crippen LogP contribution in [0.4, 0.5) is 0 Å². The monoisotopic (exact) mass is 176 g/mol. The van der Waals surface area contributed by atoms with Crippen molar-refractivity contribution >= 4 is 5.97 Å². The zero-order valence-electron chi connectivity index (χ0n) is 7.87. The second-order valence-corrected chi connectivity index (χ2v) is 3.16. The van der Waals surface area contributed by atoms with E-state index in [9.17, 15) is 9.90 Å². The van der Waals surface area contributed by atoms with E-state index in [4.69, 9.17) is 9.84 Å². The zero-order valence-corrected chi connectivity index (χ0v) is 7.87. The smallest absolute Gasteiger partial charge is 0.338 e. The van der Waals surface area contributed by atoms with Crippen LogP contribution >= 0.6 is 0 Å². The summed E-state index contributed by atoms with van der Waals surface area (Å²) in [6.45, 7) is 4.82. The van der Waals surface area contributed by atoms with E-state index in [2.05, 4.69) is 0 Å². The first-order valence-corrected chi connectivity index (χ1v) is 3.85. The molecule has 0 unspecified atom stereocenters. The molecule has 0 amide bonds. The van der Waals surface area contributed by atoms with Crippen molar-refractivity contribution < 1.29 is 19.7 Å². The molecular weight excluding hydrogens is 160 g/mol. The molecule has 72 valence electrons. The van der Waals surface area contributed by atoms with Crippen molar-refractivity contribution in [1.29, 1.82) is 0 Å². The van der Waals surface area contributed by atoms with E-state index in [0.717, 1.165) is 0 Å². The summed E-state index contributed by atoms with van der Waals surface area (Å²) in [4.78, 5) is 10.7. The van der Waals surface area contributed by atoms with Gasteiger partial charge in [0.1, 0.15) is 0 Å². The van der Waals surface area contributed by atoms with Crippen LogP contribution in [0, 0.1) is 5.92 Å². The van der Waals surface area contributed by atoms with E-state index >= 15 is 0 Å². The van der Waals surface area contributed by atoms with Crippen LogP contribution in [0.3, 0.4) is 0 Å². The van der Waals surface area contributed by atoms with Crippen LogP contribution in [0.2, 0.25) is 0 Å². The van der Waals surface area contributed by atoms with Crippen molar-refractivity contribution in [3.05, 3.63) is 0 Å². The Hall–Kier alpha value is -0.610.